The molecule has 7 heteroatoms. The van der Waals surface area contributed by atoms with Gasteiger partial charge in [-0.15, -0.1) is 0 Å². The molecule has 2 rings (SSSR count). The van der Waals surface area contributed by atoms with Crippen molar-refractivity contribution in [1.82, 2.24) is 0 Å². The van der Waals surface area contributed by atoms with Crippen molar-refractivity contribution in [2.45, 2.75) is 25.9 Å². The molecule has 2 aromatic rings. The number of allylic oxidation sites excluding steroid dienone is 1. The second-order valence-electron chi connectivity index (χ2n) is 6.32. The molecule has 0 heterocycles. The number of para-hydroxylation sites is 1. The maximum atomic E-state index is 13.8. The monoisotopic (exact) mass is 387 g/mol. The summed E-state index contributed by atoms with van der Waals surface area (Å²) in [5.74, 6) is -2.58. The van der Waals surface area contributed by atoms with Crippen molar-refractivity contribution in [2.24, 2.45) is 5.92 Å². The molecule has 0 aliphatic heterocycles. The zero-order chi connectivity index (χ0) is 20.5. The van der Waals surface area contributed by atoms with E-state index < -0.39 is 29.7 Å². The molecule has 0 aromatic heterocycles. The molecule has 2 aromatic carbocycles. The summed E-state index contributed by atoms with van der Waals surface area (Å²) < 4.78 is 19.3. The van der Waals surface area contributed by atoms with Crippen molar-refractivity contribution in [3.63, 3.8) is 0 Å². The Kier molecular flexibility index (Phi) is 7.56. The summed E-state index contributed by atoms with van der Waals surface area (Å²) in [6.07, 6.45) is 2.04. The number of benzene rings is 2. The molecule has 148 valence electrons. The molecular formula is C21H22FNO5. The second-order valence-corrected chi connectivity index (χ2v) is 6.32. The number of carboxylic acid groups (broad SMARTS) is 1. The molecular weight excluding hydrogens is 365 g/mol. The van der Waals surface area contributed by atoms with Gasteiger partial charge in [0.15, 0.2) is 11.6 Å². The normalized spacial score (nSPS) is 13.1. The molecule has 3 N–H and O–H groups in total. The van der Waals surface area contributed by atoms with Crippen LogP contribution in [-0.4, -0.2) is 22.3 Å². The van der Waals surface area contributed by atoms with Gasteiger partial charge in [-0.1, -0.05) is 37.3 Å². The number of hydrogen-bond acceptors (Lipinski definition) is 4. The minimum Gasteiger partial charge on any atom is -0.505 e. The van der Waals surface area contributed by atoms with Crippen molar-refractivity contribution in [2.75, 3.05) is 5.32 Å². The Bertz CT molecular complexity index is 838. The summed E-state index contributed by atoms with van der Waals surface area (Å²) in [5.41, 5.74) is 0.952. The Balaban J connectivity index is 2.13. The van der Waals surface area contributed by atoms with Gasteiger partial charge in [-0.25, -0.2) is 14.0 Å². The van der Waals surface area contributed by atoms with Gasteiger partial charge in [0.05, 0.1) is 0 Å². The van der Waals surface area contributed by atoms with E-state index in [1.54, 1.807) is 24.3 Å². The fraction of sp³-hybridized carbons (Fsp3) is 0.238. The van der Waals surface area contributed by atoms with Gasteiger partial charge >= 0.3 is 12.1 Å². The molecule has 0 saturated carbocycles. The largest absolute Gasteiger partial charge is 0.505 e. The van der Waals surface area contributed by atoms with Gasteiger partial charge in [-0.2, -0.15) is 0 Å². The first-order valence-electron chi connectivity index (χ1n) is 8.77. The fourth-order valence-corrected chi connectivity index (χ4v) is 2.69. The van der Waals surface area contributed by atoms with E-state index in [2.05, 4.69) is 5.32 Å². The number of rotatable bonds is 8. The van der Waals surface area contributed by atoms with Gasteiger partial charge in [-0.05, 0) is 48.6 Å². The highest BCUT2D eigenvalue weighted by atomic mass is 19.1. The van der Waals surface area contributed by atoms with Crippen molar-refractivity contribution in [3.8, 4) is 5.75 Å². The van der Waals surface area contributed by atoms with Gasteiger partial charge in [0.2, 0.25) is 0 Å². The molecule has 28 heavy (non-hydrogen) atoms. The van der Waals surface area contributed by atoms with E-state index in [9.17, 15) is 19.1 Å². The SMILES string of the molecule is C[C@H](CC/C=C/C(=O)O)[C@@H](OC(=O)Nc1ccccc1)c1ccc(O)c(F)c1. The number of anilines is 1. The number of phenols is 1. The van der Waals surface area contributed by atoms with E-state index in [1.807, 2.05) is 13.0 Å². The van der Waals surface area contributed by atoms with Crippen LogP contribution in [0.1, 0.15) is 31.4 Å². The maximum Gasteiger partial charge on any atom is 0.412 e. The molecule has 0 aliphatic rings. The summed E-state index contributed by atoms with van der Waals surface area (Å²) in [6, 6.07) is 12.6. The zero-order valence-corrected chi connectivity index (χ0v) is 15.3. The van der Waals surface area contributed by atoms with Crippen LogP contribution in [-0.2, 0) is 9.53 Å². The van der Waals surface area contributed by atoms with Crippen molar-refractivity contribution < 1.29 is 28.9 Å². The van der Waals surface area contributed by atoms with Crippen molar-refractivity contribution in [3.05, 3.63) is 72.1 Å². The van der Waals surface area contributed by atoms with Gasteiger partial charge < -0.3 is 14.9 Å². The molecule has 0 spiro atoms. The zero-order valence-electron chi connectivity index (χ0n) is 15.3. The molecule has 0 unspecified atom stereocenters. The van der Waals surface area contributed by atoms with Crippen LogP contribution >= 0.6 is 0 Å². The third kappa shape index (κ3) is 6.42. The van der Waals surface area contributed by atoms with Crippen molar-refractivity contribution >= 4 is 17.7 Å². The topological polar surface area (TPSA) is 95.9 Å². The number of nitrogens with one attached hydrogen (secondary N) is 1. The van der Waals surface area contributed by atoms with Gasteiger partial charge in [0, 0.05) is 11.8 Å². The first kappa shape index (κ1) is 21.0. The summed E-state index contributed by atoms with van der Waals surface area (Å²) in [7, 11) is 0. The highest BCUT2D eigenvalue weighted by molar-refractivity contribution is 5.84. The lowest BCUT2D eigenvalue weighted by molar-refractivity contribution is -0.131. The number of ether oxygens (including phenoxy) is 1. The number of carbonyl (C=O) groups is 2. The molecule has 0 bridgehead atoms. The Morgan fingerprint density at radius 2 is 1.93 bits per heavy atom. The number of phenolic OH excluding ortho intramolecular Hbond substituents is 1. The Labute approximate surface area is 162 Å². The van der Waals surface area contributed by atoms with Crippen LogP contribution in [0.4, 0.5) is 14.9 Å². The molecule has 0 fully saturated rings. The van der Waals surface area contributed by atoms with Crippen LogP contribution in [0.5, 0.6) is 5.75 Å². The van der Waals surface area contributed by atoms with E-state index in [-0.39, 0.29) is 5.92 Å². The number of carbonyl (C=O) groups excluding carboxylic acids is 1. The van der Waals surface area contributed by atoms with Gasteiger partial charge in [-0.3, -0.25) is 5.32 Å². The van der Waals surface area contributed by atoms with Gasteiger partial charge in [0.25, 0.3) is 0 Å². The van der Waals surface area contributed by atoms with Crippen LogP contribution < -0.4 is 5.32 Å². The molecule has 1 amide bonds. The third-order valence-corrected chi connectivity index (χ3v) is 4.12. The highest BCUT2D eigenvalue weighted by Crippen LogP contribution is 2.32. The number of halogens is 1. The Hall–Kier alpha value is -3.35. The van der Waals surface area contributed by atoms with E-state index >= 15 is 0 Å². The lowest BCUT2D eigenvalue weighted by Gasteiger charge is -2.24. The maximum absolute atomic E-state index is 13.8. The smallest absolute Gasteiger partial charge is 0.412 e. The minimum absolute atomic E-state index is 0.232. The van der Waals surface area contributed by atoms with E-state index in [0.717, 1.165) is 12.1 Å². The Morgan fingerprint density at radius 3 is 2.57 bits per heavy atom. The number of carboxylic acids is 1. The third-order valence-electron chi connectivity index (χ3n) is 4.12. The summed E-state index contributed by atoms with van der Waals surface area (Å²) in [5, 5.41) is 20.7. The number of hydrogen-bond donors (Lipinski definition) is 3. The van der Waals surface area contributed by atoms with E-state index in [0.29, 0.717) is 24.1 Å². The van der Waals surface area contributed by atoms with Crippen LogP contribution in [0.25, 0.3) is 0 Å². The van der Waals surface area contributed by atoms with Crippen molar-refractivity contribution in [1.29, 1.82) is 0 Å². The van der Waals surface area contributed by atoms with Crippen LogP contribution in [0, 0.1) is 11.7 Å². The predicted molar refractivity (Wildman–Crippen MR) is 103 cm³/mol. The average Bonchev–Trinajstić information content (AvgIpc) is 2.66. The quantitative estimate of drug-likeness (QED) is 0.561. The Morgan fingerprint density at radius 1 is 1.21 bits per heavy atom. The van der Waals surface area contributed by atoms with Gasteiger partial charge in [0.1, 0.15) is 6.10 Å². The van der Waals surface area contributed by atoms with Crippen LogP contribution in [0.2, 0.25) is 0 Å². The fourth-order valence-electron chi connectivity index (χ4n) is 2.69. The van der Waals surface area contributed by atoms with E-state index in [4.69, 9.17) is 9.84 Å². The highest BCUT2D eigenvalue weighted by Gasteiger charge is 2.24. The minimum atomic E-state index is -1.04. The first-order valence-corrected chi connectivity index (χ1v) is 8.77. The number of aliphatic carboxylic acids is 1. The standard InChI is InChI=1S/C21H22FNO5/c1-14(7-5-6-10-19(25)26)20(15-11-12-18(24)17(22)13-15)28-21(27)23-16-8-3-2-4-9-16/h2-4,6,8-14,20,24H,5,7H2,1H3,(H,23,27)(H,25,26)/b10-6+/t14-,20-/m1/s1. The molecule has 2 atom stereocenters. The summed E-state index contributed by atoms with van der Waals surface area (Å²) >= 11 is 0. The lowest BCUT2D eigenvalue weighted by atomic mass is 9.93. The predicted octanol–water partition coefficient (Wildman–Crippen LogP) is 4.88. The lowest BCUT2D eigenvalue weighted by Crippen LogP contribution is -2.22. The van der Waals surface area contributed by atoms with E-state index in [1.165, 1.54) is 18.2 Å². The molecule has 0 aliphatic carbocycles. The number of aromatic hydroxyl groups is 1. The molecule has 6 nitrogen and oxygen atoms in total. The second kappa shape index (κ2) is 10.1. The first-order chi connectivity index (χ1) is 13.4. The van der Waals surface area contributed by atoms with Crippen LogP contribution in [0.15, 0.2) is 60.7 Å². The summed E-state index contributed by atoms with van der Waals surface area (Å²) in [4.78, 5) is 22.9. The molecule has 0 radical (unpaired) electrons. The van der Waals surface area contributed by atoms with Crippen LogP contribution in [0.3, 0.4) is 0 Å². The summed E-state index contributed by atoms with van der Waals surface area (Å²) in [6.45, 7) is 1.82. The molecule has 0 saturated heterocycles. The average molecular weight is 387 g/mol. The number of amides is 1.